The summed E-state index contributed by atoms with van der Waals surface area (Å²) in [5.41, 5.74) is -0.864. The lowest BCUT2D eigenvalue weighted by molar-refractivity contribution is -0.141. The monoisotopic (exact) mass is 252 g/mol. The molecule has 0 saturated carbocycles. The first-order chi connectivity index (χ1) is 7.42. The second kappa shape index (κ2) is 7.05. The molecule has 0 aromatic carbocycles. The van der Waals surface area contributed by atoms with Gasteiger partial charge in [-0.15, -0.1) is 0 Å². The van der Waals surface area contributed by atoms with Gasteiger partial charge in [-0.05, 0) is 19.8 Å². The summed E-state index contributed by atoms with van der Waals surface area (Å²) in [5.74, 6) is -0.725. The molecule has 0 aliphatic carbocycles. The van der Waals surface area contributed by atoms with E-state index < -0.39 is 19.2 Å². The summed E-state index contributed by atoms with van der Waals surface area (Å²) in [6, 6.07) is 0. The maximum Gasteiger partial charge on any atom is 0.345 e. The molecule has 0 amide bonds. The van der Waals surface area contributed by atoms with E-state index in [-0.39, 0.29) is 19.1 Å². The largest absolute Gasteiger partial charge is 0.468 e. The number of ether oxygens (including phenoxy) is 1. The molecule has 0 N–H and O–H groups in total. The third-order valence-electron chi connectivity index (χ3n) is 2.03. The SMILES string of the molecule is CCOP(=O)(OCC)C(C(=O)OC)C(C)C. The third kappa shape index (κ3) is 3.89. The van der Waals surface area contributed by atoms with E-state index in [1.54, 1.807) is 27.7 Å². The standard InChI is InChI=1S/C10H21O5P/c1-6-14-16(12,15-7-2)9(8(3)4)10(11)13-5/h8-9H,6-7H2,1-5H3. The van der Waals surface area contributed by atoms with E-state index in [4.69, 9.17) is 9.05 Å². The Morgan fingerprint density at radius 1 is 1.19 bits per heavy atom. The normalized spacial score (nSPS) is 13.9. The highest BCUT2D eigenvalue weighted by Gasteiger charge is 2.43. The Bertz CT molecular complexity index is 254. The first kappa shape index (κ1) is 15.6. The van der Waals surface area contributed by atoms with E-state index in [0.29, 0.717) is 0 Å². The molecule has 1 atom stereocenters. The minimum atomic E-state index is -3.43. The van der Waals surface area contributed by atoms with Crippen LogP contribution in [0.15, 0.2) is 0 Å². The van der Waals surface area contributed by atoms with Gasteiger partial charge in [0.15, 0.2) is 5.66 Å². The number of methoxy groups -OCH3 is 1. The van der Waals surface area contributed by atoms with Crippen LogP contribution in [0.1, 0.15) is 27.7 Å². The van der Waals surface area contributed by atoms with Gasteiger partial charge in [0.1, 0.15) is 0 Å². The molecule has 0 fully saturated rings. The van der Waals surface area contributed by atoms with Crippen LogP contribution in [0.25, 0.3) is 0 Å². The van der Waals surface area contributed by atoms with E-state index in [9.17, 15) is 9.36 Å². The molecule has 0 spiro atoms. The fraction of sp³-hybridized carbons (Fsp3) is 0.900. The van der Waals surface area contributed by atoms with Crippen molar-refractivity contribution in [1.29, 1.82) is 0 Å². The van der Waals surface area contributed by atoms with Crippen LogP contribution in [0.3, 0.4) is 0 Å². The fourth-order valence-electron chi connectivity index (χ4n) is 1.44. The molecule has 0 aliphatic heterocycles. The summed E-state index contributed by atoms with van der Waals surface area (Å²) in [5, 5.41) is 0. The van der Waals surface area contributed by atoms with Gasteiger partial charge in [0.05, 0.1) is 20.3 Å². The van der Waals surface area contributed by atoms with Crippen molar-refractivity contribution in [2.24, 2.45) is 5.92 Å². The number of carbonyl (C=O) groups excluding carboxylic acids is 1. The highest BCUT2D eigenvalue weighted by molar-refractivity contribution is 7.55. The average molecular weight is 252 g/mol. The van der Waals surface area contributed by atoms with Crippen molar-refractivity contribution in [2.45, 2.75) is 33.4 Å². The van der Waals surface area contributed by atoms with Gasteiger partial charge >= 0.3 is 13.6 Å². The maximum atomic E-state index is 12.4. The Morgan fingerprint density at radius 2 is 1.62 bits per heavy atom. The number of hydrogen-bond donors (Lipinski definition) is 0. The molecule has 0 heterocycles. The Balaban J connectivity index is 5.09. The molecule has 6 heteroatoms. The van der Waals surface area contributed by atoms with Gasteiger partial charge in [0.2, 0.25) is 0 Å². The summed E-state index contributed by atoms with van der Waals surface area (Å²) < 4.78 is 27.3. The lowest BCUT2D eigenvalue weighted by Crippen LogP contribution is -2.29. The minimum Gasteiger partial charge on any atom is -0.468 e. The van der Waals surface area contributed by atoms with Crippen molar-refractivity contribution in [2.75, 3.05) is 20.3 Å². The number of rotatable bonds is 7. The van der Waals surface area contributed by atoms with E-state index >= 15 is 0 Å². The van der Waals surface area contributed by atoms with Crippen LogP contribution in [-0.4, -0.2) is 32.0 Å². The molecule has 1 unspecified atom stereocenters. The van der Waals surface area contributed by atoms with Crippen LogP contribution in [0, 0.1) is 5.92 Å². The van der Waals surface area contributed by atoms with Crippen molar-refractivity contribution in [1.82, 2.24) is 0 Å². The summed E-state index contributed by atoms with van der Waals surface area (Å²) in [6.07, 6.45) is 0. The van der Waals surface area contributed by atoms with Gasteiger partial charge in [-0.1, -0.05) is 13.8 Å². The Labute approximate surface area is 97.0 Å². The molecule has 0 saturated heterocycles. The zero-order chi connectivity index (χ0) is 12.8. The van der Waals surface area contributed by atoms with Crippen molar-refractivity contribution in [3.63, 3.8) is 0 Å². The topological polar surface area (TPSA) is 61.8 Å². The fourth-order valence-corrected chi connectivity index (χ4v) is 3.65. The zero-order valence-electron chi connectivity index (χ0n) is 10.6. The lowest BCUT2D eigenvalue weighted by atomic mass is 10.1. The lowest BCUT2D eigenvalue weighted by Gasteiger charge is -2.26. The highest BCUT2D eigenvalue weighted by Crippen LogP contribution is 2.55. The van der Waals surface area contributed by atoms with E-state index in [1.165, 1.54) is 7.11 Å². The van der Waals surface area contributed by atoms with E-state index in [2.05, 4.69) is 4.74 Å². The van der Waals surface area contributed by atoms with E-state index in [0.717, 1.165) is 0 Å². The molecule has 0 radical (unpaired) electrons. The van der Waals surface area contributed by atoms with Crippen molar-refractivity contribution < 1.29 is 23.1 Å². The van der Waals surface area contributed by atoms with Crippen LogP contribution in [0.2, 0.25) is 0 Å². The molecule has 0 aromatic rings. The van der Waals surface area contributed by atoms with Gasteiger partial charge < -0.3 is 13.8 Å². The molecular formula is C10H21O5P. The average Bonchev–Trinajstić information content (AvgIpc) is 2.17. The molecule has 0 aliphatic rings. The molecular weight excluding hydrogens is 231 g/mol. The van der Waals surface area contributed by atoms with Crippen molar-refractivity contribution >= 4 is 13.6 Å². The third-order valence-corrected chi connectivity index (χ3v) is 4.76. The molecule has 16 heavy (non-hydrogen) atoms. The number of hydrogen-bond acceptors (Lipinski definition) is 5. The van der Waals surface area contributed by atoms with Gasteiger partial charge in [-0.2, -0.15) is 0 Å². The van der Waals surface area contributed by atoms with Crippen LogP contribution in [0.5, 0.6) is 0 Å². The minimum absolute atomic E-state index is 0.170. The quantitative estimate of drug-likeness (QED) is 0.514. The second-order valence-electron chi connectivity index (χ2n) is 3.59. The molecule has 0 bridgehead atoms. The number of carbonyl (C=O) groups is 1. The van der Waals surface area contributed by atoms with Crippen molar-refractivity contribution in [3.05, 3.63) is 0 Å². The van der Waals surface area contributed by atoms with Crippen LogP contribution in [0.4, 0.5) is 0 Å². The van der Waals surface area contributed by atoms with Crippen LogP contribution < -0.4 is 0 Å². The smallest absolute Gasteiger partial charge is 0.345 e. The Morgan fingerprint density at radius 3 is 1.88 bits per heavy atom. The van der Waals surface area contributed by atoms with Crippen molar-refractivity contribution in [3.8, 4) is 0 Å². The van der Waals surface area contributed by atoms with Gasteiger partial charge in [-0.25, -0.2) is 0 Å². The Hall–Kier alpha value is -0.380. The maximum absolute atomic E-state index is 12.4. The predicted octanol–water partition coefficient (Wildman–Crippen LogP) is 2.45. The molecule has 0 aromatic heterocycles. The number of esters is 1. The summed E-state index contributed by atoms with van der Waals surface area (Å²) in [4.78, 5) is 11.6. The first-order valence-electron chi connectivity index (χ1n) is 5.39. The van der Waals surface area contributed by atoms with Gasteiger partial charge in [0, 0.05) is 0 Å². The summed E-state index contributed by atoms with van der Waals surface area (Å²) >= 11 is 0. The molecule has 96 valence electrons. The second-order valence-corrected chi connectivity index (χ2v) is 5.74. The summed E-state index contributed by atoms with van der Waals surface area (Å²) in [6.45, 7) is 7.45. The van der Waals surface area contributed by atoms with Gasteiger partial charge in [0.25, 0.3) is 0 Å². The highest BCUT2D eigenvalue weighted by atomic mass is 31.2. The first-order valence-corrected chi connectivity index (χ1v) is 7.00. The zero-order valence-corrected chi connectivity index (χ0v) is 11.5. The summed E-state index contributed by atoms with van der Waals surface area (Å²) in [7, 11) is -2.17. The molecule has 5 nitrogen and oxygen atoms in total. The van der Waals surface area contributed by atoms with Gasteiger partial charge in [-0.3, -0.25) is 9.36 Å². The van der Waals surface area contributed by atoms with Crippen LogP contribution >= 0.6 is 7.60 Å². The van der Waals surface area contributed by atoms with E-state index in [1.807, 2.05) is 0 Å². The molecule has 0 rings (SSSR count). The van der Waals surface area contributed by atoms with Crippen LogP contribution in [-0.2, 0) is 23.1 Å². The Kier molecular flexibility index (Phi) is 6.88. The predicted molar refractivity (Wildman–Crippen MR) is 61.5 cm³/mol.